The van der Waals surface area contributed by atoms with E-state index in [9.17, 15) is 57.5 Å². The molecule has 0 aromatic carbocycles. The maximum atomic E-state index is 14.5. The normalized spacial score (nSPS) is 22.7. The lowest BCUT2D eigenvalue weighted by atomic mass is 9.32. The summed E-state index contributed by atoms with van der Waals surface area (Å²) in [4.78, 5) is 141. The highest BCUT2D eigenvalue weighted by atomic mass is 16.6. The summed E-state index contributed by atoms with van der Waals surface area (Å²) in [5.74, 6) is 0.584. The van der Waals surface area contributed by atoms with Crippen LogP contribution in [0.15, 0.2) is 12.2 Å². The highest BCUT2D eigenvalue weighted by Crippen LogP contribution is 2.78. The molecular formula is C103H188N8O20. The summed E-state index contributed by atoms with van der Waals surface area (Å²) < 4.78 is 30.6. The van der Waals surface area contributed by atoms with Crippen LogP contribution in [0.3, 0.4) is 0 Å². The van der Waals surface area contributed by atoms with Crippen molar-refractivity contribution in [1.82, 2.24) is 31.9 Å². The highest BCUT2D eigenvalue weighted by molar-refractivity contribution is 5.86. The van der Waals surface area contributed by atoms with E-state index in [0.717, 1.165) is 212 Å². The van der Waals surface area contributed by atoms with E-state index in [0.29, 0.717) is 106 Å². The molecule has 0 aromatic heterocycles. The number of ether oxygens (including phenoxy) is 6. The van der Waals surface area contributed by atoms with Gasteiger partial charge in [-0.05, 0) is 273 Å². The Balaban J connectivity index is 0.000000937. The molecule has 6 amide bonds. The third-order valence-corrected chi connectivity index (χ3v) is 27.9. The first-order valence-corrected chi connectivity index (χ1v) is 50.4. The van der Waals surface area contributed by atoms with E-state index < -0.39 is 47.2 Å². The number of esters is 4. The van der Waals surface area contributed by atoms with Gasteiger partial charge in [0.15, 0.2) is 0 Å². The molecule has 0 bridgehead atoms. The van der Waals surface area contributed by atoms with Crippen LogP contribution in [-0.4, -0.2) is 171 Å². The number of aliphatic carboxylic acids is 2. The van der Waals surface area contributed by atoms with Crippen molar-refractivity contribution in [1.29, 1.82) is 0 Å². The van der Waals surface area contributed by atoms with Crippen molar-refractivity contribution in [3.05, 3.63) is 12.2 Å². The third kappa shape index (κ3) is 46.3. The van der Waals surface area contributed by atoms with Crippen molar-refractivity contribution < 1.29 is 96.2 Å². The minimum Gasteiger partial charge on any atom is -0.481 e. The fraction of sp³-hybridized carbons (Fsp3) is 0.864. The maximum Gasteiger partial charge on any atom is 0.407 e. The van der Waals surface area contributed by atoms with Gasteiger partial charge in [0.1, 0.15) is 35.4 Å². The number of methoxy groups -OCH3 is 3. The van der Waals surface area contributed by atoms with Gasteiger partial charge in [-0.1, -0.05) is 185 Å². The summed E-state index contributed by atoms with van der Waals surface area (Å²) in [5, 5.41) is 34.0. The Morgan fingerprint density at radius 2 is 0.763 bits per heavy atom. The lowest BCUT2D eigenvalue weighted by molar-refractivity contribution is -0.248. The van der Waals surface area contributed by atoms with E-state index in [2.05, 4.69) is 80.0 Å². The second-order valence-corrected chi connectivity index (χ2v) is 42.7. The molecule has 5 fully saturated rings. The van der Waals surface area contributed by atoms with Crippen LogP contribution in [-0.2, 0) is 76.4 Å². The molecule has 5 aliphatic carbocycles. The number of nitrogens with two attached hydrogens (primary N) is 2. The topological polar surface area (TPSA) is 425 Å². The SMILES string of the molecule is C=C(C)[C@@H]1CC[C@]2(C(=O)NCCCCCCCC(=O)NC(CC(C)C)C(=O)OC)CC[C@]3(C)[C@H](CCC4[C@@]5(C)CC[C@H](OC(C)=O)C(C)(C)[C@@H]5CC[C@]43C)[C@@H]12.CC(C)(C)OC(=O)NCCCCCCCC(=O)O.COC(=O)C(CC(C)C)NC(=O)CCCCCCCN.COC(=O)C(CC(C)C)NC(=O)CCCCCCCNC(=O)OC(C)(C)C.NCCCCCCCC(=O)O. The van der Waals surface area contributed by atoms with Gasteiger partial charge in [-0.2, -0.15) is 0 Å². The second-order valence-electron chi connectivity index (χ2n) is 42.7. The van der Waals surface area contributed by atoms with E-state index in [4.69, 9.17) is 50.1 Å². The van der Waals surface area contributed by atoms with Crippen molar-refractivity contribution in [3.63, 3.8) is 0 Å². The van der Waals surface area contributed by atoms with Crippen LogP contribution in [0.5, 0.6) is 0 Å². The molecule has 0 spiro atoms. The van der Waals surface area contributed by atoms with Gasteiger partial charge in [0, 0.05) is 64.1 Å². The molecule has 0 aliphatic heterocycles. The van der Waals surface area contributed by atoms with Crippen LogP contribution in [0, 0.1) is 74.4 Å². The second kappa shape index (κ2) is 63.3. The van der Waals surface area contributed by atoms with Crippen molar-refractivity contribution in [2.75, 3.05) is 54.1 Å². The Bertz CT molecular complexity index is 3390. The number of carboxylic acids is 2. The van der Waals surface area contributed by atoms with Crippen LogP contribution >= 0.6 is 0 Å². The minimum atomic E-state index is -0.735. The van der Waals surface area contributed by atoms with Gasteiger partial charge in [-0.15, -0.1) is 0 Å². The highest BCUT2D eigenvalue weighted by Gasteiger charge is 2.72. The number of rotatable bonds is 53. The predicted octanol–water partition coefficient (Wildman–Crippen LogP) is 19.6. The van der Waals surface area contributed by atoms with Gasteiger partial charge >= 0.3 is 48.0 Å². The van der Waals surface area contributed by atoms with Gasteiger partial charge in [-0.3, -0.25) is 33.6 Å². The third-order valence-electron chi connectivity index (χ3n) is 27.9. The molecule has 760 valence electrons. The number of carboxylic acid groups (broad SMARTS) is 2. The van der Waals surface area contributed by atoms with Crippen LogP contribution in [0.25, 0.3) is 0 Å². The van der Waals surface area contributed by atoms with Crippen molar-refractivity contribution in [3.8, 4) is 0 Å². The number of allylic oxidation sites excluding steroid dienone is 1. The summed E-state index contributed by atoms with van der Waals surface area (Å²) in [6, 6.07) is -1.68. The first-order valence-electron chi connectivity index (χ1n) is 50.4. The van der Waals surface area contributed by atoms with Crippen LogP contribution in [0.1, 0.15) is 408 Å². The summed E-state index contributed by atoms with van der Waals surface area (Å²) in [6.07, 6.45) is 37.9. The van der Waals surface area contributed by atoms with Gasteiger partial charge in [-0.25, -0.2) is 24.0 Å². The Hall–Kier alpha value is -7.10. The number of fused-ring (bicyclic) bond motifs is 7. The molecule has 0 radical (unpaired) electrons. The lowest BCUT2D eigenvalue weighted by Gasteiger charge is -2.72. The van der Waals surface area contributed by atoms with E-state index in [1.807, 2.05) is 83.1 Å². The molecule has 28 nitrogen and oxygen atoms in total. The van der Waals surface area contributed by atoms with E-state index >= 15 is 0 Å². The first kappa shape index (κ1) is 122. The standard InChI is InChI=1S/C47H78N2O6.C20H38N2O5.C15H30N2O3.C13H25NO4.C8H17NO2/c1-30(2)29-35(41(52)54-11)49-39(51)17-15-13-12-14-16-28-48-42(53)47-25-20-33(31(3)4)40(47)34-18-19-37-44(8)23-22-38(55-32(5)50)43(6,7)36(44)21-24-46(37,10)45(34,9)26-27-47;1-15(2)14-16(18(24)26-6)22-17(23)12-10-8-7-9-11-13-21-19(25)27-20(3,4)5;1-12(2)11-13(15(19)20-3)17-14(18)9-7-5-4-6-8-10-16;1-13(2,3)18-12(17)14-10-8-6-4-5-7-9-11(15)16;9-7-5-3-1-2-4-6-8(10)11/h30,33-38,40H,3,12-29H2,1-2,4-11H3,(H,48,53)(H,49,51);15-16H,7-14H2,1-6H3,(H,21,25)(H,22,23);12-13H,4-11,16H2,1-3H3,(H,17,18);4-10H2,1-3H3,(H,14,17)(H,15,16);1-7,9H2,(H,10,11)/t33-,34+,35?,36-,37?,38-,40+,44-,45+,46+,47-;;;;/m0..../s1. The van der Waals surface area contributed by atoms with E-state index in [1.54, 1.807) is 6.92 Å². The van der Waals surface area contributed by atoms with Crippen LogP contribution in [0.2, 0.25) is 0 Å². The van der Waals surface area contributed by atoms with Gasteiger partial charge in [0.25, 0.3) is 0 Å². The molecule has 0 saturated heterocycles. The van der Waals surface area contributed by atoms with Crippen molar-refractivity contribution in [2.24, 2.45) is 85.9 Å². The van der Waals surface area contributed by atoms with Gasteiger partial charge in [0.05, 0.1) is 26.7 Å². The number of hydrogen-bond donors (Lipinski definition) is 10. The molecule has 4 unspecified atom stereocenters. The zero-order valence-electron chi connectivity index (χ0n) is 86.0. The zero-order valence-corrected chi connectivity index (χ0v) is 86.0. The largest absolute Gasteiger partial charge is 0.481 e. The van der Waals surface area contributed by atoms with Gasteiger partial charge < -0.3 is 82.0 Å². The summed E-state index contributed by atoms with van der Waals surface area (Å²) in [5.41, 5.74) is 11.3. The predicted molar refractivity (Wildman–Crippen MR) is 518 cm³/mol. The molecule has 12 N–H and O–H groups in total. The van der Waals surface area contributed by atoms with E-state index in [1.165, 1.54) is 52.6 Å². The summed E-state index contributed by atoms with van der Waals surface area (Å²) in [7, 11) is 4.04. The van der Waals surface area contributed by atoms with E-state index in [-0.39, 0.29) is 99.2 Å². The monoisotopic (exact) mass is 1860 g/mol. The molecule has 5 saturated carbocycles. The Kier molecular flexibility index (Phi) is 58.9. The average Bonchev–Trinajstić information content (AvgIpc) is 1.66. The fourth-order valence-electron chi connectivity index (χ4n) is 21.3. The smallest absolute Gasteiger partial charge is 0.407 e. The van der Waals surface area contributed by atoms with Crippen molar-refractivity contribution in [2.45, 2.75) is 443 Å². The first-order chi connectivity index (χ1) is 61.4. The number of unbranched alkanes of at least 4 members (excludes halogenated alkanes) is 20. The minimum absolute atomic E-state index is 0.00989. The molecule has 0 aromatic rings. The van der Waals surface area contributed by atoms with Crippen LogP contribution in [0.4, 0.5) is 9.59 Å². The molecule has 13 atom stereocenters. The van der Waals surface area contributed by atoms with Crippen LogP contribution < -0.4 is 43.4 Å². The number of amides is 6. The Morgan fingerprint density at radius 1 is 0.412 bits per heavy atom. The molecule has 5 aliphatic rings. The maximum absolute atomic E-state index is 14.5. The molecule has 0 heterocycles. The van der Waals surface area contributed by atoms with Crippen molar-refractivity contribution >= 4 is 71.6 Å². The molecular weight excluding hydrogens is 1670 g/mol. The number of hydrogen-bond acceptors (Lipinski definition) is 20. The number of nitrogens with one attached hydrogen (secondary N) is 6. The zero-order chi connectivity index (χ0) is 99.4. The average molecular weight is 1860 g/mol. The summed E-state index contributed by atoms with van der Waals surface area (Å²) in [6.45, 7) is 47.3. The molecule has 131 heavy (non-hydrogen) atoms. The van der Waals surface area contributed by atoms with Gasteiger partial charge in [0.2, 0.25) is 23.6 Å². The molecule has 28 heteroatoms. The lowest BCUT2D eigenvalue weighted by Crippen LogP contribution is -2.67. The Morgan fingerprint density at radius 3 is 1.10 bits per heavy atom. The fourth-order valence-corrected chi connectivity index (χ4v) is 21.3. The number of carbonyl (C=O) groups excluding carboxylic acids is 10. The quantitative estimate of drug-likeness (QED) is 0.0117. The summed E-state index contributed by atoms with van der Waals surface area (Å²) >= 11 is 0. The Labute approximate surface area is 790 Å². The number of alkyl carbamates (subject to hydrolysis) is 2. The molecule has 5 rings (SSSR count). The number of carbonyl (C=O) groups is 12.